The molecule has 1 aliphatic carbocycles. The van der Waals surface area contributed by atoms with Crippen molar-refractivity contribution in [3.05, 3.63) is 52.1 Å². The molecule has 5 nitrogen and oxygen atoms in total. The second-order valence-corrected chi connectivity index (χ2v) is 5.09. The van der Waals surface area contributed by atoms with Crippen LogP contribution in [-0.4, -0.2) is 30.9 Å². The lowest BCUT2D eigenvalue weighted by Gasteiger charge is -2.21. The zero-order valence-corrected chi connectivity index (χ0v) is 12.4. The first kappa shape index (κ1) is 14.1. The number of rotatable bonds is 2. The third-order valence-corrected chi connectivity index (χ3v) is 3.83. The quantitative estimate of drug-likeness (QED) is 0.787. The number of aromatic hydroxyl groups is 1. The van der Waals surface area contributed by atoms with Crippen LogP contribution in [0.3, 0.4) is 0 Å². The van der Waals surface area contributed by atoms with Gasteiger partial charge in [0.25, 0.3) is 0 Å². The summed E-state index contributed by atoms with van der Waals surface area (Å²) in [6.45, 7) is 1.68. The van der Waals surface area contributed by atoms with Crippen LogP contribution < -0.4 is 9.47 Å². The SMILES string of the molecule is COc1cc(OC)c2c(c1)C(=O)c1cc(C)c(O)cc1C2=O. The zero-order valence-electron chi connectivity index (χ0n) is 12.4. The highest BCUT2D eigenvalue weighted by atomic mass is 16.5. The maximum atomic E-state index is 12.7. The van der Waals surface area contributed by atoms with Gasteiger partial charge in [-0.1, -0.05) is 0 Å². The molecular weight excluding hydrogens is 284 g/mol. The summed E-state index contributed by atoms with van der Waals surface area (Å²) in [5.74, 6) is 0.0641. The molecule has 0 bridgehead atoms. The van der Waals surface area contributed by atoms with Gasteiger partial charge in [0.1, 0.15) is 17.2 Å². The van der Waals surface area contributed by atoms with Gasteiger partial charge in [-0.15, -0.1) is 0 Å². The number of phenols is 1. The standard InChI is InChI=1S/C17H14O5/c1-8-4-10-11(7-13(8)18)17(20)15-12(16(10)19)5-9(21-2)6-14(15)22-3/h4-7,18H,1-3H3. The van der Waals surface area contributed by atoms with Gasteiger partial charge in [-0.3, -0.25) is 9.59 Å². The minimum atomic E-state index is -0.348. The Kier molecular flexibility index (Phi) is 3.13. The van der Waals surface area contributed by atoms with Crippen molar-refractivity contribution in [3.8, 4) is 17.2 Å². The Balaban J connectivity index is 2.33. The third kappa shape index (κ3) is 1.86. The van der Waals surface area contributed by atoms with Crippen LogP contribution in [0.1, 0.15) is 37.4 Å². The van der Waals surface area contributed by atoms with Crippen LogP contribution in [0.25, 0.3) is 0 Å². The summed E-state index contributed by atoms with van der Waals surface area (Å²) in [5, 5.41) is 9.82. The normalized spacial score (nSPS) is 12.7. The number of methoxy groups -OCH3 is 2. The summed E-state index contributed by atoms with van der Waals surface area (Å²) in [6.07, 6.45) is 0. The number of carbonyl (C=O) groups is 2. The van der Waals surface area contributed by atoms with Crippen molar-refractivity contribution < 1.29 is 24.2 Å². The minimum Gasteiger partial charge on any atom is -0.508 e. The number of phenolic OH excluding ortho intramolecular Hbond substituents is 1. The van der Waals surface area contributed by atoms with E-state index in [2.05, 4.69) is 0 Å². The van der Waals surface area contributed by atoms with Crippen molar-refractivity contribution in [1.29, 1.82) is 0 Å². The molecular formula is C17H14O5. The molecule has 0 saturated carbocycles. The average Bonchev–Trinajstić information content (AvgIpc) is 2.53. The van der Waals surface area contributed by atoms with Gasteiger partial charge < -0.3 is 14.6 Å². The summed E-state index contributed by atoms with van der Waals surface area (Å²) >= 11 is 0. The monoisotopic (exact) mass is 298 g/mol. The predicted molar refractivity (Wildman–Crippen MR) is 79.3 cm³/mol. The Hall–Kier alpha value is -2.82. The maximum Gasteiger partial charge on any atom is 0.198 e. The Morgan fingerprint density at radius 1 is 0.864 bits per heavy atom. The fraction of sp³-hybridized carbons (Fsp3) is 0.176. The molecule has 0 atom stereocenters. The fourth-order valence-corrected chi connectivity index (χ4v) is 2.63. The van der Waals surface area contributed by atoms with Crippen molar-refractivity contribution in [3.63, 3.8) is 0 Å². The molecule has 112 valence electrons. The first-order valence-corrected chi connectivity index (χ1v) is 6.67. The molecule has 5 heteroatoms. The number of hydrogen-bond donors (Lipinski definition) is 1. The number of benzene rings is 2. The molecule has 0 saturated heterocycles. The van der Waals surface area contributed by atoms with Gasteiger partial charge in [-0.2, -0.15) is 0 Å². The highest BCUT2D eigenvalue weighted by Crippen LogP contribution is 2.38. The van der Waals surface area contributed by atoms with E-state index >= 15 is 0 Å². The van der Waals surface area contributed by atoms with Crippen LogP contribution in [0.15, 0.2) is 24.3 Å². The Bertz CT molecular complexity index is 820. The number of carbonyl (C=O) groups excluding carboxylic acids is 2. The van der Waals surface area contributed by atoms with Gasteiger partial charge in [0.2, 0.25) is 0 Å². The fourth-order valence-electron chi connectivity index (χ4n) is 2.63. The van der Waals surface area contributed by atoms with Crippen molar-refractivity contribution in [1.82, 2.24) is 0 Å². The summed E-state index contributed by atoms with van der Waals surface area (Å²) in [7, 11) is 2.90. The van der Waals surface area contributed by atoms with E-state index in [0.29, 0.717) is 11.3 Å². The molecule has 0 aromatic heterocycles. The molecule has 0 unspecified atom stereocenters. The number of fused-ring (bicyclic) bond motifs is 2. The molecule has 0 heterocycles. The van der Waals surface area contributed by atoms with Gasteiger partial charge in [-0.25, -0.2) is 0 Å². The lowest BCUT2D eigenvalue weighted by atomic mass is 9.82. The summed E-state index contributed by atoms with van der Waals surface area (Å²) in [4.78, 5) is 25.4. The molecule has 1 N–H and O–H groups in total. The highest BCUT2D eigenvalue weighted by Gasteiger charge is 2.33. The lowest BCUT2D eigenvalue weighted by molar-refractivity contribution is 0.0976. The van der Waals surface area contributed by atoms with Crippen LogP contribution in [0, 0.1) is 6.92 Å². The molecule has 0 spiro atoms. The Labute approximate surface area is 127 Å². The van der Waals surface area contributed by atoms with Crippen LogP contribution >= 0.6 is 0 Å². The van der Waals surface area contributed by atoms with Crippen LogP contribution in [0.5, 0.6) is 17.2 Å². The molecule has 0 radical (unpaired) electrons. The molecule has 3 rings (SSSR count). The Morgan fingerprint density at radius 3 is 2.18 bits per heavy atom. The van der Waals surface area contributed by atoms with E-state index in [0.717, 1.165) is 0 Å². The second-order valence-electron chi connectivity index (χ2n) is 5.09. The van der Waals surface area contributed by atoms with Crippen molar-refractivity contribution in [2.45, 2.75) is 6.92 Å². The van der Waals surface area contributed by atoms with E-state index in [9.17, 15) is 14.7 Å². The Morgan fingerprint density at radius 2 is 1.55 bits per heavy atom. The summed E-state index contributed by atoms with van der Waals surface area (Å²) < 4.78 is 10.4. The molecule has 1 aliphatic rings. The van der Waals surface area contributed by atoms with Crippen molar-refractivity contribution in [2.75, 3.05) is 14.2 Å². The van der Waals surface area contributed by atoms with Crippen molar-refractivity contribution in [2.24, 2.45) is 0 Å². The van der Waals surface area contributed by atoms with Gasteiger partial charge in [-0.05, 0) is 30.7 Å². The predicted octanol–water partition coefficient (Wildman–Crippen LogP) is 2.49. The molecule has 0 fully saturated rings. The van der Waals surface area contributed by atoms with E-state index < -0.39 is 0 Å². The van der Waals surface area contributed by atoms with E-state index in [4.69, 9.17) is 9.47 Å². The molecule has 22 heavy (non-hydrogen) atoms. The van der Waals surface area contributed by atoms with Gasteiger partial charge in [0.15, 0.2) is 11.6 Å². The molecule has 0 aliphatic heterocycles. The van der Waals surface area contributed by atoms with E-state index in [1.807, 2.05) is 0 Å². The second kappa shape index (κ2) is 4.87. The van der Waals surface area contributed by atoms with Crippen LogP contribution in [-0.2, 0) is 0 Å². The highest BCUT2D eigenvalue weighted by molar-refractivity contribution is 6.29. The number of ketones is 2. The minimum absolute atomic E-state index is 0.0178. The van der Waals surface area contributed by atoms with E-state index in [1.165, 1.54) is 32.4 Å². The average molecular weight is 298 g/mol. The molecule has 2 aromatic carbocycles. The third-order valence-electron chi connectivity index (χ3n) is 3.83. The zero-order chi connectivity index (χ0) is 16.0. The largest absolute Gasteiger partial charge is 0.508 e. The molecule has 2 aromatic rings. The maximum absolute atomic E-state index is 12.7. The first-order valence-electron chi connectivity index (χ1n) is 6.67. The molecule has 0 amide bonds. The topological polar surface area (TPSA) is 72.8 Å². The van der Waals surface area contributed by atoms with Crippen LogP contribution in [0.2, 0.25) is 0 Å². The van der Waals surface area contributed by atoms with E-state index in [-0.39, 0.29) is 45.3 Å². The smallest absolute Gasteiger partial charge is 0.198 e. The number of ether oxygens (including phenoxy) is 2. The summed E-state index contributed by atoms with van der Waals surface area (Å²) in [6, 6.07) is 5.95. The summed E-state index contributed by atoms with van der Waals surface area (Å²) in [5.41, 5.74) is 1.45. The van der Waals surface area contributed by atoms with Gasteiger partial charge in [0, 0.05) is 22.8 Å². The lowest BCUT2D eigenvalue weighted by Crippen LogP contribution is -2.22. The van der Waals surface area contributed by atoms with Gasteiger partial charge >= 0.3 is 0 Å². The first-order chi connectivity index (χ1) is 10.5. The van der Waals surface area contributed by atoms with E-state index in [1.54, 1.807) is 13.0 Å². The number of aryl methyl sites for hydroxylation is 1. The van der Waals surface area contributed by atoms with Crippen LogP contribution in [0.4, 0.5) is 0 Å². The number of hydrogen-bond acceptors (Lipinski definition) is 5. The van der Waals surface area contributed by atoms with Crippen molar-refractivity contribution >= 4 is 11.6 Å². The van der Waals surface area contributed by atoms with Gasteiger partial charge in [0.05, 0.1) is 19.8 Å².